The lowest BCUT2D eigenvalue weighted by Crippen LogP contribution is -2.06. The van der Waals surface area contributed by atoms with E-state index in [4.69, 9.17) is 29.3 Å². The summed E-state index contributed by atoms with van der Waals surface area (Å²) < 4.78 is 11.2. The molecule has 0 N–H and O–H groups in total. The molecule has 0 bridgehead atoms. The van der Waals surface area contributed by atoms with E-state index in [1.165, 1.54) is 4.70 Å². The summed E-state index contributed by atoms with van der Waals surface area (Å²) in [7, 11) is 0. The molecular formula is C49H28N6OS. The summed E-state index contributed by atoms with van der Waals surface area (Å²) in [4.78, 5) is 26.1. The van der Waals surface area contributed by atoms with Crippen LogP contribution in [0.25, 0.3) is 115 Å². The van der Waals surface area contributed by atoms with Gasteiger partial charge in [-0.2, -0.15) is 9.97 Å². The fraction of sp³-hybridized carbons (Fsp3) is 0. The third-order valence-corrected chi connectivity index (χ3v) is 11.9. The summed E-state index contributed by atoms with van der Waals surface area (Å²) in [5.41, 5.74) is 8.92. The minimum atomic E-state index is 0.542. The number of hydrogen-bond donors (Lipinski definition) is 0. The molecule has 0 aliphatic carbocycles. The second-order valence-corrected chi connectivity index (χ2v) is 15.1. The molecular weight excluding hydrogens is 721 g/mol. The molecule has 0 aliphatic heterocycles. The van der Waals surface area contributed by atoms with E-state index >= 15 is 0 Å². The van der Waals surface area contributed by atoms with Crippen LogP contribution in [0, 0.1) is 0 Å². The van der Waals surface area contributed by atoms with Gasteiger partial charge >= 0.3 is 0 Å². The Hall–Kier alpha value is -7.55. The van der Waals surface area contributed by atoms with Gasteiger partial charge in [0.1, 0.15) is 11.2 Å². The largest absolute Gasteiger partial charge is 0.455 e. The van der Waals surface area contributed by atoms with Crippen LogP contribution in [0.2, 0.25) is 0 Å². The van der Waals surface area contributed by atoms with Gasteiger partial charge in [-0.1, -0.05) is 140 Å². The number of para-hydroxylation sites is 3. The number of benzene rings is 7. The van der Waals surface area contributed by atoms with E-state index in [-0.39, 0.29) is 0 Å². The zero-order valence-corrected chi connectivity index (χ0v) is 31.0. The molecule has 0 unspecified atom stereocenters. The predicted molar refractivity (Wildman–Crippen MR) is 232 cm³/mol. The molecule has 5 heterocycles. The van der Waals surface area contributed by atoms with Crippen molar-refractivity contribution in [2.24, 2.45) is 0 Å². The quantitative estimate of drug-likeness (QED) is 0.174. The number of aromatic nitrogens is 6. The molecule has 8 heteroatoms. The van der Waals surface area contributed by atoms with Crippen LogP contribution in [0.4, 0.5) is 0 Å². The zero-order valence-electron chi connectivity index (χ0n) is 30.2. The summed E-state index contributed by atoms with van der Waals surface area (Å²) in [6, 6.07) is 57.9. The van der Waals surface area contributed by atoms with Crippen molar-refractivity contribution in [1.29, 1.82) is 0 Å². The fourth-order valence-electron chi connectivity index (χ4n) is 8.15. The van der Waals surface area contributed by atoms with E-state index in [1.807, 2.05) is 54.6 Å². The predicted octanol–water partition coefficient (Wildman–Crippen LogP) is 12.7. The van der Waals surface area contributed by atoms with E-state index in [0.717, 1.165) is 81.7 Å². The summed E-state index contributed by atoms with van der Waals surface area (Å²) in [6.45, 7) is 0. The highest BCUT2D eigenvalue weighted by molar-refractivity contribution is 7.26. The zero-order chi connectivity index (χ0) is 37.5. The van der Waals surface area contributed by atoms with Crippen LogP contribution in [-0.2, 0) is 0 Å². The smallest absolute Gasteiger partial charge is 0.238 e. The molecule has 57 heavy (non-hydrogen) atoms. The van der Waals surface area contributed by atoms with Crippen molar-refractivity contribution in [2.45, 2.75) is 0 Å². The Bertz CT molecular complexity index is 3480. The normalized spacial score (nSPS) is 11.9. The molecule has 0 saturated carbocycles. The number of thiophene rings is 1. The minimum absolute atomic E-state index is 0.542. The maximum absolute atomic E-state index is 6.81. The third-order valence-electron chi connectivity index (χ3n) is 10.7. The van der Waals surface area contributed by atoms with Gasteiger partial charge in [0.05, 0.1) is 32.5 Å². The van der Waals surface area contributed by atoms with Crippen molar-refractivity contribution in [3.8, 4) is 51.4 Å². The molecule has 12 rings (SSSR count). The summed E-state index contributed by atoms with van der Waals surface area (Å²) in [5, 5.41) is 5.23. The first kappa shape index (κ1) is 31.8. The molecule has 7 aromatic carbocycles. The topological polar surface area (TPSA) is 82.5 Å². The molecule has 0 amide bonds. The van der Waals surface area contributed by atoms with Gasteiger partial charge in [-0.15, -0.1) is 11.3 Å². The molecule has 7 nitrogen and oxygen atoms in total. The molecule has 0 saturated heterocycles. The number of nitrogens with zero attached hydrogens (tertiary/aromatic N) is 6. The van der Waals surface area contributed by atoms with Crippen LogP contribution in [0.3, 0.4) is 0 Å². The summed E-state index contributed by atoms with van der Waals surface area (Å²) in [6.07, 6.45) is 0. The van der Waals surface area contributed by atoms with Gasteiger partial charge in [0.2, 0.25) is 5.95 Å². The maximum Gasteiger partial charge on any atom is 0.238 e. The van der Waals surface area contributed by atoms with Crippen LogP contribution in [0.1, 0.15) is 0 Å². The highest BCUT2D eigenvalue weighted by atomic mass is 32.1. The van der Waals surface area contributed by atoms with Crippen molar-refractivity contribution >= 4 is 75.4 Å². The van der Waals surface area contributed by atoms with Crippen LogP contribution in [-0.4, -0.2) is 29.5 Å². The average molecular weight is 749 g/mol. The van der Waals surface area contributed by atoms with Gasteiger partial charge in [-0.05, 0) is 30.3 Å². The van der Waals surface area contributed by atoms with E-state index in [0.29, 0.717) is 29.0 Å². The highest BCUT2D eigenvalue weighted by Gasteiger charge is 2.23. The first-order valence-electron chi connectivity index (χ1n) is 18.8. The van der Waals surface area contributed by atoms with E-state index in [9.17, 15) is 0 Å². The molecule has 0 fully saturated rings. The van der Waals surface area contributed by atoms with Gasteiger partial charge < -0.3 is 4.42 Å². The van der Waals surface area contributed by atoms with Gasteiger partial charge in [-0.25, -0.2) is 15.0 Å². The monoisotopic (exact) mass is 748 g/mol. The van der Waals surface area contributed by atoms with Gasteiger partial charge in [-0.3, -0.25) is 4.57 Å². The lowest BCUT2D eigenvalue weighted by Gasteiger charge is -2.11. The Morgan fingerprint density at radius 3 is 1.81 bits per heavy atom. The van der Waals surface area contributed by atoms with Crippen LogP contribution in [0.15, 0.2) is 174 Å². The highest BCUT2D eigenvalue weighted by Crippen LogP contribution is 2.43. The number of hydrogen-bond acceptors (Lipinski definition) is 7. The second kappa shape index (κ2) is 12.5. The Labute approximate surface area is 329 Å². The molecule has 266 valence electrons. The Balaban J connectivity index is 1.11. The SMILES string of the molecule is c1ccc(-c2nc(-c3cccc4oc5c(-c6nc(-c7ccccc7)c7sc8ccccc8c7n6)cccc5c34)nc(-n3c4ccccc4c4ccccc43)n2)cc1. The molecule has 0 spiro atoms. The lowest BCUT2D eigenvalue weighted by molar-refractivity contribution is 0.669. The molecule has 0 aliphatic rings. The minimum Gasteiger partial charge on any atom is -0.455 e. The van der Waals surface area contributed by atoms with Crippen molar-refractivity contribution in [1.82, 2.24) is 29.5 Å². The Kier molecular flexibility index (Phi) is 6.96. The standard InChI is InChI=1S/C49H28N6OS/c1-3-15-29(16-4-1)42-45-43(33-21-9-12-28-40(33)57-45)51-48(50-42)36-24-13-22-34-41-35(23-14-27-39(41)56-44(34)36)47-52-46(30-17-5-2-6-18-30)53-49(54-47)55-37-25-10-7-19-31(37)32-20-8-11-26-38(32)55/h1-28H. The van der Waals surface area contributed by atoms with Crippen LogP contribution in [0.5, 0.6) is 0 Å². The fourth-order valence-corrected chi connectivity index (χ4v) is 9.31. The van der Waals surface area contributed by atoms with Gasteiger partial charge in [0, 0.05) is 48.3 Å². The first-order chi connectivity index (χ1) is 28.3. The van der Waals surface area contributed by atoms with E-state index < -0.39 is 0 Å². The van der Waals surface area contributed by atoms with Crippen molar-refractivity contribution in [3.63, 3.8) is 0 Å². The first-order valence-corrected chi connectivity index (χ1v) is 19.6. The van der Waals surface area contributed by atoms with E-state index in [2.05, 4.69) is 120 Å². The number of furan rings is 1. The molecule has 5 aromatic heterocycles. The Morgan fingerprint density at radius 1 is 0.439 bits per heavy atom. The maximum atomic E-state index is 6.81. The van der Waals surface area contributed by atoms with Crippen molar-refractivity contribution < 1.29 is 4.42 Å². The second-order valence-electron chi connectivity index (χ2n) is 14.0. The average Bonchev–Trinajstić information content (AvgIpc) is 3.96. The number of rotatable bonds is 5. The molecule has 12 aromatic rings. The van der Waals surface area contributed by atoms with Crippen molar-refractivity contribution in [2.75, 3.05) is 0 Å². The third kappa shape index (κ3) is 4.94. The van der Waals surface area contributed by atoms with Gasteiger partial charge in [0.25, 0.3) is 0 Å². The van der Waals surface area contributed by atoms with E-state index in [1.54, 1.807) is 11.3 Å². The lowest BCUT2D eigenvalue weighted by atomic mass is 10.0. The van der Waals surface area contributed by atoms with Crippen LogP contribution >= 0.6 is 11.3 Å². The summed E-state index contributed by atoms with van der Waals surface area (Å²) >= 11 is 1.73. The molecule has 0 radical (unpaired) electrons. The van der Waals surface area contributed by atoms with Crippen molar-refractivity contribution in [3.05, 3.63) is 170 Å². The van der Waals surface area contributed by atoms with Gasteiger partial charge in [0.15, 0.2) is 17.5 Å². The van der Waals surface area contributed by atoms with Crippen LogP contribution < -0.4 is 0 Å². The Morgan fingerprint density at radius 2 is 1.04 bits per heavy atom. The summed E-state index contributed by atoms with van der Waals surface area (Å²) in [5.74, 6) is 2.28. The molecule has 0 atom stereocenters. The number of fused-ring (bicyclic) bond motifs is 9.